The minimum absolute atomic E-state index is 0.114. The van der Waals surface area contributed by atoms with E-state index in [1.54, 1.807) is 54.6 Å². The Bertz CT molecular complexity index is 1840. The van der Waals surface area contributed by atoms with Crippen LogP contribution in [-0.4, -0.2) is 49.5 Å². The fourth-order valence-corrected chi connectivity index (χ4v) is 4.57. The van der Waals surface area contributed by atoms with Crippen LogP contribution in [0.5, 0.6) is 0 Å². The van der Waals surface area contributed by atoms with Gasteiger partial charge in [-0.2, -0.15) is 15.0 Å². The predicted octanol–water partition coefficient (Wildman–Crippen LogP) is 4.94. The maximum absolute atomic E-state index is 13.3. The van der Waals surface area contributed by atoms with Gasteiger partial charge in [0.05, 0.1) is 24.5 Å². The van der Waals surface area contributed by atoms with E-state index in [9.17, 15) is 14.9 Å². The molecule has 2 amide bonds. The molecule has 12 nitrogen and oxygen atoms in total. The first kappa shape index (κ1) is 29.6. The number of hydrogen-bond acceptors (Lipinski definition) is 9. The van der Waals surface area contributed by atoms with E-state index in [0.717, 1.165) is 5.56 Å². The Labute approximate surface area is 257 Å². The Balaban J connectivity index is 1.44. The number of aromatic nitrogens is 6. The Morgan fingerprint density at radius 1 is 1.07 bits per heavy atom. The summed E-state index contributed by atoms with van der Waals surface area (Å²) in [5.74, 6) is -0.389. The topological polar surface area (TPSA) is 161 Å². The summed E-state index contributed by atoms with van der Waals surface area (Å²) in [5, 5.41) is 35.6. The third-order valence-corrected chi connectivity index (χ3v) is 6.74. The Morgan fingerprint density at radius 2 is 1.86 bits per heavy atom. The highest BCUT2D eigenvalue weighted by Gasteiger charge is 2.20. The quantitative estimate of drug-likeness (QED) is 0.222. The van der Waals surface area contributed by atoms with Crippen molar-refractivity contribution in [2.45, 2.75) is 12.5 Å². The summed E-state index contributed by atoms with van der Waals surface area (Å²) in [4.78, 5) is 24.8. The molecule has 0 aliphatic heterocycles. The van der Waals surface area contributed by atoms with E-state index in [1.165, 1.54) is 24.2 Å². The number of carbonyl (C=O) groups is 2. The van der Waals surface area contributed by atoms with Crippen LogP contribution in [0.2, 0.25) is 5.02 Å². The molecule has 0 saturated carbocycles. The monoisotopic (exact) mass is 605 g/mol. The van der Waals surface area contributed by atoms with Gasteiger partial charge in [0.2, 0.25) is 5.91 Å². The van der Waals surface area contributed by atoms with Crippen LogP contribution < -0.4 is 10.6 Å². The van der Waals surface area contributed by atoms with E-state index in [4.69, 9.17) is 11.6 Å². The summed E-state index contributed by atoms with van der Waals surface area (Å²) >= 11 is 6.22. The number of amides is 2. The number of hydrogen-bond donors (Lipinski definition) is 2. The second-order valence-corrected chi connectivity index (χ2v) is 9.82. The lowest BCUT2D eigenvalue weighted by Crippen LogP contribution is -2.29. The summed E-state index contributed by atoms with van der Waals surface area (Å²) in [6.45, 7) is 0. The fraction of sp³-hybridized carbons (Fsp3) is 0.0968. The van der Waals surface area contributed by atoms with Crippen LogP contribution in [-0.2, 0) is 16.0 Å². The molecule has 2 N–H and O–H groups in total. The van der Waals surface area contributed by atoms with Crippen molar-refractivity contribution in [1.29, 1.82) is 5.26 Å². The summed E-state index contributed by atoms with van der Waals surface area (Å²) < 4.78 is 6.10. The van der Waals surface area contributed by atoms with Gasteiger partial charge in [-0.05, 0) is 70.4 Å². The second-order valence-electron chi connectivity index (χ2n) is 9.38. The van der Waals surface area contributed by atoms with Crippen LogP contribution in [0.4, 0.5) is 10.5 Å². The molecule has 0 aliphatic rings. The largest absolute Gasteiger partial charge is 0.453 e. The van der Waals surface area contributed by atoms with Crippen molar-refractivity contribution in [1.82, 2.24) is 35.7 Å². The van der Waals surface area contributed by atoms with E-state index >= 15 is 0 Å². The molecule has 0 spiro atoms. The molecule has 2 aromatic heterocycles. The number of nitriles is 1. The third kappa shape index (κ3) is 7.28. The van der Waals surface area contributed by atoms with Crippen molar-refractivity contribution in [3.8, 4) is 22.9 Å². The van der Waals surface area contributed by atoms with Gasteiger partial charge in [-0.1, -0.05) is 54.1 Å². The summed E-state index contributed by atoms with van der Waals surface area (Å²) in [5.41, 5.74) is 4.52. The first-order valence-electron chi connectivity index (χ1n) is 13.2. The van der Waals surface area contributed by atoms with E-state index < -0.39 is 12.1 Å². The molecule has 0 saturated heterocycles. The lowest BCUT2D eigenvalue weighted by molar-refractivity contribution is -0.117. The number of anilines is 1. The van der Waals surface area contributed by atoms with Gasteiger partial charge in [-0.15, -0.1) is 10.2 Å². The summed E-state index contributed by atoms with van der Waals surface area (Å²) in [6.07, 6.45) is 4.27. The van der Waals surface area contributed by atoms with E-state index in [-0.39, 0.29) is 11.6 Å². The molecule has 0 fully saturated rings. The Hall–Kier alpha value is -5.93. The number of benzene rings is 3. The van der Waals surface area contributed by atoms with Crippen molar-refractivity contribution >= 4 is 35.4 Å². The van der Waals surface area contributed by atoms with Gasteiger partial charge in [0.15, 0.2) is 5.69 Å². The van der Waals surface area contributed by atoms with E-state index in [0.29, 0.717) is 45.2 Å². The highest BCUT2D eigenvalue weighted by Crippen LogP contribution is 2.27. The van der Waals surface area contributed by atoms with Crippen molar-refractivity contribution in [2.24, 2.45) is 0 Å². The van der Waals surface area contributed by atoms with Gasteiger partial charge >= 0.3 is 6.09 Å². The zero-order valence-electron chi connectivity index (χ0n) is 23.3. The van der Waals surface area contributed by atoms with Crippen molar-refractivity contribution in [3.05, 3.63) is 119 Å². The van der Waals surface area contributed by atoms with Gasteiger partial charge in [-0.3, -0.25) is 10.1 Å². The zero-order valence-corrected chi connectivity index (χ0v) is 24.0. The Morgan fingerprint density at radius 3 is 2.57 bits per heavy atom. The maximum Gasteiger partial charge on any atom is 0.411 e. The van der Waals surface area contributed by atoms with Crippen LogP contribution in [0.25, 0.3) is 22.9 Å². The van der Waals surface area contributed by atoms with Crippen LogP contribution in [0.3, 0.4) is 0 Å². The zero-order chi connectivity index (χ0) is 30.9. The standard InChI is InChI=1S/C31H24ClN9O3/c1-44-31(43)35-24-11-7-21(8-12-24)25-17-27(37-38-28(25)18-33)26(15-20-5-3-2-4-6-20)36-30(42)14-9-22-16-23(32)10-13-29(22)41-19-34-39-40-41/h2-14,16-17,19,26H,15H2,1H3,(H,35,43)(H,36,42)/t26-/m0/s1. The molecule has 5 rings (SSSR count). The number of carbonyl (C=O) groups excluding carboxylic acids is 2. The Kier molecular flexibility index (Phi) is 9.29. The van der Waals surface area contributed by atoms with Crippen molar-refractivity contribution in [3.63, 3.8) is 0 Å². The van der Waals surface area contributed by atoms with Gasteiger partial charge in [0.1, 0.15) is 12.4 Å². The van der Waals surface area contributed by atoms with E-state index in [2.05, 4.69) is 47.2 Å². The molecule has 13 heteroatoms. The molecule has 44 heavy (non-hydrogen) atoms. The number of methoxy groups -OCH3 is 1. The molecule has 1 atom stereocenters. The number of nitrogens with one attached hydrogen (secondary N) is 2. The molecule has 0 radical (unpaired) electrons. The predicted molar refractivity (Wildman–Crippen MR) is 162 cm³/mol. The lowest BCUT2D eigenvalue weighted by Gasteiger charge is -2.18. The highest BCUT2D eigenvalue weighted by atomic mass is 35.5. The van der Waals surface area contributed by atoms with Crippen LogP contribution in [0.15, 0.2) is 91.3 Å². The van der Waals surface area contributed by atoms with Crippen LogP contribution in [0, 0.1) is 11.3 Å². The van der Waals surface area contributed by atoms with Gasteiger partial charge in [-0.25, -0.2) is 4.79 Å². The van der Waals surface area contributed by atoms with Gasteiger partial charge in [0, 0.05) is 27.9 Å². The van der Waals surface area contributed by atoms with Gasteiger partial charge in [0.25, 0.3) is 0 Å². The SMILES string of the molecule is COC(=O)Nc1ccc(-c2cc([C@H](Cc3ccccc3)NC(=O)C=Cc3cc(Cl)ccc3-n3cnnn3)nnc2C#N)cc1. The molecule has 2 heterocycles. The minimum atomic E-state index is -0.598. The average Bonchev–Trinajstić information content (AvgIpc) is 3.59. The molecule has 0 aliphatic carbocycles. The van der Waals surface area contributed by atoms with Crippen molar-refractivity contribution in [2.75, 3.05) is 12.4 Å². The fourth-order valence-electron chi connectivity index (χ4n) is 4.39. The van der Waals surface area contributed by atoms with Crippen molar-refractivity contribution < 1.29 is 14.3 Å². The third-order valence-electron chi connectivity index (χ3n) is 6.50. The summed E-state index contributed by atoms with van der Waals surface area (Å²) in [7, 11) is 1.28. The smallest absolute Gasteiger partial charge is 0.411 e. The second kappa shape index (κ2) is 13.8. The van der Waals surface area contributed by atoms with Crippen LogP contribution in [0.1, 0.15) is 28.6 Å². The molecule has 218 valence electrons. The minimum Gasteiger partial charge on any atom is -0.453 e. The molecule has 5 aromatic rings. The average molecular weight is 606 g/mol. The first-order chi connectivity index (χ1) is 21.4. The number of nitrogens with zero attached hydrogens (tertiary/aromatic N) is 7. The molecule has 0 bridgehead atoms. The number of halogens is 1. The molecular formula is C31H24ClN9O3. The first-order valence-corrected chi connectivity index (χ1v) is 13.6. The maximum atomic E-state index is 13.3. The molecule has 3 aromatic carbocycles. The lowest BCUT2D eigenvalue weighted by atomic mass is 9.98. The number of rotatable bonds is 9. The number of ether oxygens (including phenoxy) is 1. The van der Waals surface area contributed by atoms with Crippen LogP contribution >= 0.6 is 11.6 Å². The summed E-state index contributed by atoms with van der Waals surface area (Å²) in [6, 6.07) is 24.9. The van der Waals surface area contributed by atoms with Gasteiger partial charge < -0.3 is 10.1 Å². The van der Waals surface area contributed by atoms with E-state index in [1.807, 2.05) is 30.3 Å². The highest BCUT2D eigenvalue weighted by molar-refractivity contribution is 6.30. The number of tetrazole rings is 1. The molecule has 0 unspecified atom stereocenters. The normalized spacial score (nSPS) is 11.5. The molecular weight excluding hydrogens is 582 g/mol.